The summed E-state index contributed by atoms with van der Waals surface area (Å²) in [4.78, 5) is 17.8. The molecule has 1 aromatic rings. The van der Waals surface area contributed by atoms with Gasteiger partial charge >= 0.3 is 5.97 Å². The van der Waals surface area contributed by atoms with Crippen LogP contribution in [0.1, 0.15) is 22.3 Å². The Balaban J connectivity index is 2.65. The van der Waals surface area contributed by atoms with Crippen molar-refractivity contribution >= 4 is 12.0 Å². The number of hydrogen-bond acceptors (Lipinski definition) is 4. The van der Waals surface area contributed by atoms with Crippen molar-refractivity contribution in [3.8, 4) is 0 Å². The fraction of sp³-hybridized carbons (Fsp3) is 0.273. The van der Waals surface area contributed by atoms with Gasteiger partial charge in [-0.1, -0.05) is 17.3 Å². The number of rotatable bonds is 5. The van der Waals surface area contributed by atoms with Crippen LogP contribution < -0.4 is 0 Å². The average Bonchev–Trinajstić information content (AvgIpc) is 2.38. The summed E-state index contributed by atoms with van der Waals surface area (Å²) in [5, 5.41) is 3.40. The van der Waals surface area contributed by atoms with Crippen LogP contribution >= 0.6 is 0 Å². The number of azide groups is 1. The summed E-state index contributed by atoms with van der Waals surface area (Å²) in [5.74, 6) is -0.415. The molecule has 1 heterocycles. The molecule has 0 aromatic carbocycles. The van der Waals surface area contributed by atoms with Crippen LogP contribution in [-0.2, 0) is 4.74 Å². The van der Waals surface area contributed by atoms with Gasteiger partial charge in [0.15, 0.2) is 0 Å². The largest absolute Gasteiger partial charge is 0.465 e. The van der Waals surface area contributed by atoms with Crippen LogP contribution in [-0.4, -0.2) is 24.6 Å². The van der Waals surface area contributed by atoms with Crippen molar-refractivity contribution in [1.29, 1.82) is 0 Å². The third-order valence-electron chi connectivity index (χ3n) is 1.95. The molecule has 6 nitrogen and oxygen atoms in total. The minimum absolute atomic E-state index is 0.407. The summed E-state index contributed by atoms with van der Waals surface area (Å²) in [6.45, 7) is 0.414. The molecule has 0 aliphatic carbocycles. The van der Waals surface area contributed by atoms with E-state index in [4.69, 9.17) is 5.53 Å². The Morgan fingerprint density at radius 1 is 1.65 bits per heavy atom. The molecule has 0 aliphatic rings. The molecular formula is C11H12N4O2. The number of pyridine rings is 1. The third-order valence-corrected chi connectivity index (χ3v) is 1.95. The fourth-order valence-corrected chi connectivity index (χ4v) is 1.17. The molecule has 0 spiro atoms. The number of carbonyl (C=O) groups excluding carboxylic acids is 1. The predicted molar refractivity (Wildman–Crippen MR) is 63.2 cm³/mol. The zero-order valence-corrected chi connectivity index (χ0v) is 9.41. The van der Waals surface area contributed by atoms with Crippen LogP contribution in [0.5, 0.6) is 0 Å². The molecule has 0 unspecified atom stereocenters. The first-order valence-electron chi connectivity index (χ1n) is 4.98. The molecular weight excluding hydrogens is 220 g/mol. The second kappa shape index (κ2) is 7.03. The van der Waals surface area contributed by atoms with Crippen LogP contribution in [0, 0.1) is 0 Å². The van der Waals surface area contributed by atoms with Gasteiger partial charge < -0.3 is 4.74 Å². The van der Waals surface area contributed by atoms with Crippen LogP contribution in [0.2, 0.25) is 0 Å². The van der Waals surface area contributed by atoms with Gasteiger partial charge in [0, 0.05) is 23.9 Å². The molecule has 0 fully saturated rings. The third kappa shape index (κ3) is 4.36. The molecule has 0 saturated carbocycles. The summed E-state index contributed by atoms with van der Waals surface area (Å²) in [7, 11) is 1.32. The van der Waals surface area contributed by atoms with Gasteiger partial charge in [0.05, 0.1) is 12.7 Å². The highest BCUT2D eigenvalue weighted by Crippen LogP contribution is 2.06. The molecule has 1 rings (SSSR count). The predicted octanol–water partition coefficient (Wildman–Crippen LogP) is 2.58. The van der Waals surface area contributed by atoms with Crippen molar-refractivity contribution in [3.05, 3.63) is 46.1 Å². The summed E-state index contributed by atoms with van der Waals surface area (Å²) in [6.07, 6.45) is 7.39. The lowest BCUT2D eigenvalue weighted by Gasteiger charge is -1.99. The van der Waals surface area contributed by atoms with E-state index in [-0.39, 0.29) is 0 Å². The molecule has 0 atom stereocenters. The molecule has 88 valence electrons. The highest BCUT2D eigenvalue weighted by Gasteiger charge is 2.04. The maximum absolute atomic E-state index is 11.2. The smallest absolute Gasteiger partial charge is 0.339 e. The van der Waals surface area contributed by atoms with Gasteiger partial charge in [-0.05, 0) is 23.6 Å². The fourth-order valence-electron chi connectivity index (χ4n) is 1.17. The average molecular weight is 232 g/mol. The highest BCUT2D eigenvalue weighted by molar-refractivity contribution is 5.89. The SMILES string of the molecule is COC(=O)c1cncc(C=CCCN=[N+]=[N-])c1. The van der Waals surface area contributed by atoms with Crippen molar-refractivity contribution in [2.45, 2.75) is 6.42 Å². The zero-order valence-electron chi connectivity index (χ0n) is 9.41. The van der Waals surface area contributed by atoms with E-state index in [1.807, 2.05) is 12.2 Å². The van der Waals surface area contributed by atoms with E-state index in [1.54, 1.807) is 12.3 Å². The minimum atomic E-state index is -0.415. The lowest BCUT2D eigenvalue weighted by molar-refractivity contribution is 0.0600. The molecule has 17 heavy (non-hydrogen) atoms. The molecule has 0 saturated heterocycles. The van der Waals surface area contributed by atoms with Gasteiger partial charge in [-0.15, -0.1) is 0 Å². The van der Waals surface area contributed by atoms with Crippen molar-refractivity contribution in [2.24, 2.45) is 5.11 Å². The monoisotopic (exact) mass is 232 g/mol. The van der Waals surface area contributed by atoms with E-state index in [1.165, 1.54) is 13.3 Å². The normalized spacial score (nSPS) is 9.94. The van der Waals surface area contributed by atoms with Crippen molar-refractivity contribution in [3.63, 3.8) is 0 Å². The van der Waals surface area contributed by atoms with Crippen LogP contribution in [0.15, 0.2) is 29.7 Å². The van der Waals surface area contributed by atoms with E-state index >= 15 is 0 Å². The van der Waals surface area contributed by atoms with E-state index in [9.17, 15) is 4.79 Å². The topological polar surface area (TPSA) is 88.0 Å². The molecule has 0 aliphatic heterocycles. The first-order chi connectivity index (χ1) is 8.27. The number of ether oxygens (including phenoxy) is 1. The maximum Gasteiger partial charge on any atom is 0.339 e. The maximum atomic E-state index is 11.2. The van der Waals surface area contributed by atoms with Crippen LogP contribution in [0.3, 0.4) is 0 Å². The molecule has 1 aromatic heterocycles. The molecule has 0 bridgehead atoms. The van der Waals surface area contributed by atoms with Gasteiger partial charge in [0.25, 0.3) is 0 Å². The molecule has 0 N–H and O–H groups in total. The van der Waals surface area contributed by atoms with Gasteiger partial charge in [-0.25, -0.2) is 4.79 Å². The van der Waals surface area contributed by atoms with E-state index in [0.717, 1.165) is 5.56 Å². The van der Waals surface area contributed by atoms with Crippen molar-refractivity contribution < 1.29 is 9.53 Å². The Bertz CT molecular complexity index is 464. The number of esters is 1. The second-order valence-corrected chi connectivity index (χ2v) is 3.14. The van der Waals surface area contributed by atoms with Gasteiger partial charge in [-0.3, -0.25) is 4.98 Å². The Hall–Kier alpha value is -2.33. The summed E-state index contributed by atoms with van der Waals surface area (Å²) >= 11 is 0. The molecule has 0 radical (unpaired) electrons. The standard InChI is InChI=1S/C11H12N4O2/c1-17-11(16)10-6-9(7-13-8-10)4-2-3-5-14-15-12/h2,4,6-8H,3,5H2,1H3. The number of methoxy groups -OCH3 is 1. The van der Waals surface area contributed by atoms with E-state index in [2.05, 4.69) is 19.7 Å². The summed E-state index contributed by atoms with van der Waals surface area (Å²) in [6, 6.07) is 1.68. The Morgan fingerprint density at radius 2 is 2.47 bits per heavy atom. The minimum Gasteiger partial charge on any atom is -0.465 e. The quantitative estimate of drug-likeness (QED) is 0.257. The second-order valence-electron chi connectivity index (χ2n) is 3.14. The van der Waals surface area contributed by atoms with Crippen molar-refractivity contribution in [1.82, 2.24) is 4.98 Å². The van der Waals surface area contributed by atoms with E-state index in [0.29, 0.717) is 18.5 Å². The lowest BCUT2D eigenvalue weighted by atomic mass is 10.2. The number of nitrogens with zero attached hydrogens (tertiary/aromatic N) is 4. The Kier molecular flexibility index (Phi) is 5.27. The first-order valence-corrected chi connectivity index (χ1v) is 4.98. The number of carbonyl (C=O) groups is 1. The number of hydrogen-bond donors (Lipinski definition) is 0. The Labute approximate surface area is 98.6 Å². The summed E-state index contributed by atoms with van der Waals surface area (Å²) < 4.78 is 4.59. The van der Waals surface area contributed by atoms with Gasteiger partial charge in [0.2, 0.25) is 0 Å². The number of aromatic nitrogens is 1. The molecule has 6 heteroatoms. The Morgan fingerprint density at radius 3 is 3.18 bits per heavy atom. The zero-order chi connectivity index (χ0) is 12.5. The van der Waals surface area contributed by atoms with Gasteiger partial charge in [0.1, 0.15) is 0 Å². The van der Waals surface area contributed by atoms with Crippen molar-refractivity contribution in [2.75, 3.05) is 13.7 Å². The van der Waals surface area contributed by atoms with Gasteiger partial charge in [-0.2, -0.15) is 0 Å². The first kappa shape index (κ1) is 12.7. The van der Waals surface area contributed by atoms with E-state index < -0.39 is 5.97 Å². The summed E-state index contributed by atoms with van der Waals surface area (Å²) in [5.41, 5.74) is 9.29. The lowest BCUT2D eigenvalue weighted by Crippen LogP contribution is -2.01. The van der Waals surface area contributed by atoms with Crippen LogP contribution in [0.4, 0.5) is 0 Å². The highest BCUT2D eigenvalue weighted by atomic mass is 16.5. The van der Waals surface area contributed by atoms with Crippen LogP contribution in [0.25, 0.3) is 16.5 Å². The molecule has 0 amide bonds.